The standard InChI is InChI=1S/C10H12BN5O5/c12-15-10(18)14-7-4-5-2-1-3-6(9(17)21-13)8(5)20-11(7)16-19/h1-3,7H,4,12-13H2,(H2,14,15,18)/t7-/m0/s1. The Morgan fingerprint density at radius 2 is 2.24 bits per heavy atom. The smallest absolute Gasteiger partial charge is 0.536 e. The number of hydrazine groups is 1. The van der Waals surface area contributed by atoms with Crippen LogP contribution in [0.4, 0.5) is 4.79 Å². The van der Waals surface area contributed by atoms with Crippen LogP contribution in [0.15, 0.2) is 23.3 Å². The number of nitrogens with two attached hydrogens (primary N) is 2. The van der Waals surface area contributed by atoms with E-state index in [4.69, 9.17) is 16.4 Å². The molecule has 2 rings (SSSR count). The number of hydrogen-bond donors (Lipinski definition) is 4. The molecule has 0 spiro atoms. The summed E-state index contributed by atoms with van der Waals surface area (Å²) in [5, 5.41) is 5.24. The fourth-order valence-corrected chi connectivity index (χ4v) is 2.08. The predicted octanol–water partition coefficient (Wildman–Crippen LogP) is -1.01. The average Bonchev–Trinajstić information content (AvgIpc) is 2.52. The first-order chi connectivity index (χ1) is 10.1. The summed E-state index contributed by atoms with van der Waals surface area (Å²) in [7, 11) is -1.21. The molecule has 0 unspecified atom stereocenters. The Morgan fingerprint density at radius 3 is 2.86 bits per heavy atom. The Hall–Kier alpha value is -2.66. The summed E-state index contributed by atoms with van der Waals surface area (Å²) in [6, 6.07) is 4.04. The lowest BCUT2D eigenvalue weighted by molar-refractivity contribution is 0.0500. The van der Waals surface area contributed by atoms with E-state index in [-0.39, 0.29) is 17.7 Å². The number of carbonyl (C=O) groups excluding carboxylic acids is 2. The van der Waals surface area contributed by atoms with E-state index in [0.29, 0.717) is 5.56 Å². The number of para-hydroxylation sites is 1. The number of rotatable bonds is 3. The fraction of sp³-hybridized carbons (Fsp3) is 0.200. The molecule has 110 valence electrons. The van der Waals surface area contributed by atoms with Crippen LogP contribution < -0.4 is 27.1 Å². The number of carbonyl (C=O) groups is 2. The van der Waals surface area contributed by atoms with Crippen molar-refractivity contribution in [2.75, 3.05) is 0 Å². The summed E-state index contributed by atoms with van der Waals surface area (Å²) in [5.74, 6) is 8.45. The predicted molar refractivity (Wildman–Crippen MR) is 71.6 cm³/mol. The number of nitroso groups, excluding NO2 is 1. The van der Waals surface area contributed by atoms with Gasteiger partial charge in [-0.1, -0.05) is 17.2 Å². The van der Waals surface area contributed by atoms with Crippen LogP contribution in [0.5, 0.6) is 5.75 Å². The number of urea groups is 1. The van der Waals surface area contributed by atoms with Gasteiger partial charge in [0.1, 0.15) is 11.3 Å². The number of fused-ring (bicyclic) bond motifs is 1. The van der Waals surface area contributed by atoms with Gasteiger partial charge in [0.25, 0.3) is 0 Å². The first-order valence-electron chi connectivity index (χ1n) is 5.90. The second-order valence-electron chi connectivity index (χ2n) is 4.24. The van der Waals surface area contributed by atoms with Gasteiger partial charge >= 0.3 is 19.1 Å². The molecule has 10 nitrogen and oxygen atoms in total. The van der Waals surface area contributed by atoms with Gasteiger partial charge in [0, 0.05) is 0 Å². The molecule has 2 amide bonds. The van der Waals surface area contributed by atoms with E-state index in [1.807, 2.05) is 5.43 Å². The van der Waals surface area contributed by atoms with Crippen LogP contribution in [0.25, 0.3) is 0 Å². The van der Waals surface area contributed by atoms with Crippen molar-refractivity contribution in [3.63, 3.8) is 0 Å². The minimum Gasteiger partial charge on any atom is -0.536 e. The van der Waals surface area contributed by atoms with Crippen molar-refractivity contribution in [3.05, 3.63) is 34.2 Å². The van der Waals surface area contributed by atoms with Crippen molar-refractivity contribution in [2.24, 2.45) is 16.8 Å². The number of nitrogens with zero attached hydrogens (tertiary/aromatic N) is 1. The van der Waals surface area contributed by atoms with Crippen LogP contribution in [0, 0.1) is 4.91 Å². The summed E-state index contributed by atoms with van der Waals surface area (Å²) in [5.41, 5.74) is 2.55. The third-order valence-electron chi connectivity index (χ3n) is 3.00. The van der Waals surface area contributed by atoms with Crippen LogP contribution in [0.3, 0.4) is 0 Å². The van der Waals surface area contributed by atoms with Crippen LogP contribution in [0.1, 0.15) is 15.9 Å². The molecule has 0 bridgehead atoms. The molecule has 1 aromatic carbocycles. The van der Waals surface area contributed by atoms with Crippen LogP contribution in [-0.2, 0) is 11.3 Å². The zero-order chi connectivity index (χ0) is 15.4. The summed E-state index contributed by atoms with van der Waals surface area (Å²) in [6.07, 6.45) is 0.227. The van der Waals surface area contributed by atoms with E-state index in [9.17, 15) is 14.5 Å². The van der Waals surface area contributed by atoms with Gasteiger partial charge in [0.15, 0.2) is 0 Å². The molecular formula is C10H12BN5O5. The van der Waals surface area contributed by atoms with Gasteiger partial charge in [-0.05, 0) is 18.1 Å². The molecule has 0 saturated heterocycles. The third-order valence-corrected chi connectivity index (χ3v) is 3.00. The maximum Gasteiger partial charge on any atom is 0.570 e. The summed E-state index contributed by atoms with van der Waals surface area (Å²) in [4.78, 5) is 37.8. The van der Waals surface area contributed by atoms with Crippen molar-refractivity contribution in [3.8, 4) is 5.75 Å². The van der Waals surface area contributed by atoms with Gasteiger partial charge in [-0.15, -0.1) is 0 Å². The number of benzene rings is 1. The highest BCUT2D eigenvalue weighted by atomic mass is 16.7. The number of nitrogens with one attached hydrogen (secondary N) is 2. The lowest BCUT2D eigenvalue weighted by Crippen LogP contribution is -2.55. The molecule has 0 fully saturated rings. The second-order valence-corrected chi connectivity index (χ2v) is 4.24. The maximum absolute atomic E-state index is 11.6. The molecular weight excluding hydrogens is 281 g/mol. The minimum absolute atomic E-state index is 0.0744. The minimum atomic E-state index is -1.21. The van der Waals surface area contributed by atoms with Crippen molar-refractivity contribution >= 4 is 19.1 Å². The molecule has 0 aliphatic carbocycles. The molecule has 1 aliphatic rings. The van der Waals surface area contributed by atoms with E-state index in [2.05, 4.69) is 15.2 Å². The molecule has 1 heterocycles. The molecule has 0 saturated carbocycles. The van der Waals surface area contributed by atoms with Gasteiger partial charge in [0.05, 0.1) is 5.94 Å². The Balaban J connectivity index is 2.33. The van der Waals surface area contributed by atoms with Crippen LogP contribution >= 0.6 is 0 Å². The number of hydrogen-bond acceptors (Lipinski definition) is 8. The van der Waals surface area contributed by atoms with Gasteiger partial charge in [0.2, 0.25) is 0 Å². The SMILES string of the molecule is NNC(=O)N[C@H]1Cc2cccc(C(=O)ON)c2OB1N=O. The highest BCUT2D eigenvalue weighted by Gasteiger charge is 2.40. The molecule has 21 heavy (non-hydrogen) atoms. The topological polar surface area (TPSA) is 158 Å². The lowest BCUT2D eigenvalue weighted by Gasteiger charge is -2.28. The molecule has 6 N–H and O–H groups in total. The average molecular weight is 293 g/mol. The Morgan fingerprint density at radius 1 is 1.48 bits per heavy atom. The van der Waals surface area contributed by atoms with Crippen molar-refractivity contribution in [2.45, 2.75) is 12.4 Å². The quantitative estimate of drug-likeness (QED) is 0.182. The van der Waals surface area contributed by atoms with Crippen molar-refractivity contribution in [1.29, 1.82) is 0 Å². The van der Waals surface area contributed by atoms with E-state index in [1.165, 1.54) is 6.07 Å². The van der Waals surface area contributed by atoms with E-state index in [1.54, 1.807) is 12.1 Å². The fourth-order valence-electron chi connectivity index (χ4n) is 2.08. The van der Waals surface area contributed by atoms with Gasteiger partial charge in [-0.3, -0.25) is 5.43 Å². The highest BCUT2D eigenvalue weighted by molar-refractivity contribution is 6.53. The summed E-state index contributed by atoms with van der Waals surface area (Å²) < 4.78 is 5.37. The summed E-state index contributed by atoms with van der Waals surface area (Å²) >= 11 is 0. The molecule has 1 aromatic rings. The van der Waals surface area contributed by atoms with Crippen LogP contribution in [-0.4, -0.2) is 25.0 Å². The van der Waals surface area contributed by atoms with Crippen LogP contribution in [0.2, 0.25) is 0 Å². The van der Waals surface area contributed by atoms with E-state index < -0.39 is 25.0 Å². The maximum atomic E-state index is 11.6. The zero-order valence-electron chi connectivity index (χ0n) is 10.7. The molecule has 0 aromatic heterocycles. The third kappa shape index (κ3) is 2.93. The van der Waals surface area contributed by atoms with Crippen molar-refractivity contribution in [1.82, 2.24) is 10.7 Å². The Labute approximate surface area is 119 Å². The summed E-state index contributed by atoms with van der Waals surface area (Å²) in [6.45, 7) is 0. The molecule has 11 heteroatoms. The molecule has 0 radical (unpaired) electrons. The largest absolute Gasteiger partial charge is 0.570 e. The van der Waals surface area contributed by atoms with E-state index >= 15 is 0 Å². The highest BCUT2D eigenvalue weighted by Crippen LogP contribution is 2.31. The first kappa shape index (κ1) is 14.7. The lowest BCUT2D eigenvalue weighted by atomic mass is 9.68. The van der Waals surface area contributed by atoms with E-state index in [0.717, 1.165) is 0 Å². The Bertz CT molecular complexity index is 583. The number of amides is 2. The van der Waals surface area contributed by atoms with Gasteiger partial charge in [-0.25, -0.2) is 15.4 Å². The second kappa shape index (κ2) is 6.20. The molecule has 1 atom stereocenters. The first-order valence-corrected chi connectivity index (χ1v) is 5.90. The normalized spacial score (nSPS) is 16.3. The zero-order valence-corrected chi connectivity index (χ0v) is 10.7. The van der Waals surface area contributed by atoms with Gasteiger partial charge < -0.3 is 14.8 Å². The van der Waals surface area contributed by atoms with Gasteiger partial charge in [-0.2, -0.15) is 10.8 Å². The monoisotopic (exact) mass is 293 g/mol. The Kier molecular flexibility index (Phi) is 4.35. The molecule has 1 aliphatic heterocycles. The van der Waals surface area contributed by atoms with Crippen molar-refractivity contribution < 1.29 is 19.1 Å².